The first-order valence-electron chi connectivity index (χ1n) is 7.46. The second kappa shape index (κ2) is 4.64. The Labute approximate surface area is 109 Å². The summed E-state index contributed by atoms with van der Waals surface area (Å²) in [7, 11) is 0. The van der Waals surface area contributed by atoms with Crippen molar-refractivity contribution in [1.29, 1.82) is 0 Å². The van der Waals surface area contributed by atoms with Crippen LogP contribution < -0.4 is 0 Å². The normalized spacial score (nSPS) is 43.5. The van der Waals surface area contributed by atoms with E-state index in [0.717, 1.165) is 38.5 Å². The topological polar surface area (TPSA) is 34.1 Å². The zero-order valence-electron chi connectivity index (χ0n) is 11.1. The van der Waals surface area contributed by atoms with Gasteiger partial charge in [0.1, 0.15) is 11.6 Å². The van der Waals surface area contributed by atoms with Gasteiger partial charge in [-0.3, -0.25) is 9.59 Å². The van der Waals surface area contributed by atoms with Crippen molar-refractivity contribution < 1.29 is 9.59 Å². The number of carbonyl (C=O) groups is 2. The molecule has 0 saturated heterocycles. The van der Waals surface area contributed by atoms with Gasteiger partial charge in [0.2, 0.25) is 0 Å². The molecule has 0 radical (unpaired) electrons. The highest BCUT2D eigenvalue weighted by Gasteiger charge is 2.50. The van der Waals surface area contributed by atoms with E-state index in [1.807, 2.05) is 6.08 Å². The maximum Gasteiger partial charge on any atom is 0.144 e. The summed E-state index contributed by atoms with van der Waals surface area (Å²) in [4.78, 5) is 25.1. The molecule has 5 unspecified atom stereocenters. The molecular formula is C16H22O2. The van der Waals surface area contributed by atoms with Gasteiger partial charge in [-0.25, -0.2) is 0 Å². The van der Waals surface area contributed by atoms with Crippen molar-refractivity contribution in [1.82, 2.24) is 0 Å². The molecule has 2 fully saturated rings. The Morgan fingerprint density at radius 3 is 2.67 bits per heavy atom. The first-order chi connectivity index (χ1) is 8.72. The van der Waals surface area contributed by atoms with Crippen molar-refractivity contribution in [3.8, 4) is 0 Å². The molecule has 18 heavy (non-hydrogen) atoms. The summed E-state index contributed by atoms with van der Waals surface area (Å²) in [5.74, 6) is 1.48. The van der Waals surface area contributed by atoms with Crippen molar-refractivity contribution in [2.24, 2.45) is 29.6 Å². The molecule has 3 rings (SSSR count). The van der Waals surface area contributed by atoms with E-state index >= 15 is 0 Å². The van der Waals surface area contributed by atoms with Gasteiger partial charge < -0.3 is 0 Å². The highest BCUT2D eigenvalue weighted by Crippen LogP contribution is 2.46. The minimum atomic E-state index is -0.0805. The fraction of sp³-hybridized carbons (Fsp3) is 0.750. The van der Waals surface area contributed by atoms with E-state index < -0.39 is 0 Å². The summed E-state index contributed by atoms with van der Waals surface area (Å²) in [5, 5.41) is 0. The van der Waals surface area contributed by atoms with E-state index in [2.05, 4.69) is 13.0 Å². The van der Waals surface area contributed by atoms with Crippen LogP contribution in [-0.2, 0) is 9.59 Å². The molecule has 0 bridgehead atoms. The standard InChI is InChI=1S/C16H22O2/c1-2-10-7-8-13-14(9-10)16(18)12-6-4-3-5-11(12)15(13)17/h4,6,10-14H,2-3,5,7-9H2,1H3. The first-order valence-corrected chi connectivity index (χ1v) is 7.46. The van der Waals surface area contributed by atoms with Crippen LogP contribution in [0.4, 0.5) is 0 Å². The summed E-state index contributed by atoms with van der Waals surface area (Å²) < 4.78 is 0. The minimum Gasteiger partial charge on any atom is -0.299 e. The molecule has 0 aromatic heterocycles. The quantitative estimate of drug-likeness (QED) is 0.666. The molecule has 3 aliphatic rings. The van der Waals surface area contributed by atoms with Crippen LogP contribution in [0.15, 0.2) is 12.2 Å². The van der Waals surface area contributed by atoms with Crippen LogP contribution in [0, 0.1) is 29.6 Å². The van der Waals surface area contributed by atoms with Crippen molar-refractivity contribution in [3.05, 3.63) is 12.2 Å². The molecule has 3 aliphatic carbocycles. The maximum absolute atomic E-state index is 12.6. The number of ketones is 2. The molecule has 0 heterocycles. The smallest absolute Gasteiger partial charge is 0.144 e. The Morgan fingerprint density at radius 1 is 1.06 bits per heavy atom. The number of fused-ring (bicyclic) bond motifs is 2. The van der Waals surface area contributed by atoms with Gasteiger partial charge in [-0.15, -0.1) is 0 Å². The van der Waals surface area contributed by atoms with Crippen LogP contribution >= 0.6 is 0 Å². The first kappa shape index (κ1) is 12.1. The van der Waals surface area contributed by atoms with Crippen molar-refractivity contribution >= 4 is 11.6 Å². The third-order valence-electron chi connectivity index (χ3n) is 5.38. The molecule has 0 spiro atoms. The third kappa shape index (κ3) is 1.77. The molecule has 0 aliphatic heterocycles. The van der Waals surface area contributed by atoms with Crippen LogP contribution in [0.1, 0.15) is 45.4 Å². The molecule has 0 N–H and O–H groups in total. The SMILES string of the molecule is CCC1CCC2C(=O)C3CCC=CC3C(=O)C2C1. The van der Waals surface area contributed by atoms with E-state index in [-0.39, 0.29) is 23.7 Å². The Bertz CT molecular complexity index is 396. The van der Waals surface area contributed by atoms with E-state index in [0.29, 0.717) is 17.5 Å². The lowest BCUT2D eigenvalue weighted by molar-refractivity contribution is -0.148. The van der Waals surface area contributed by atoms with E-state index in [1.54, 1.807) is 0 Å². The molecule has 0 amide bonds. The van der Waals surface area contributed by atoms with E-state index in [4.69, 9.17) is 0 Å². The molecule has 2 saturated carbocycles. The summed E-state index contributed by atoms with van der Waals surface area (Å²) in [5.41, 5.74) is 0. The molecule has 98 valence electrons. The van der Waals surface area contributed by atoms with Crippen molar-refractivity contribution in [3.63, 3.8) is 0 Å². The lowest BCUT2D eigenvalue weighted by Gasteiger charge is -2.43. The molecule has 5 atom stereocenters. The van der Waals surface area contributed by atoms with Gasteiger partial charge in [0.15, 0.2) is 0 Å². The van der Waals surface area contributed by atoms with Crippen LogP contribution in [0.25, 0.3) is 0 Å². The lowest BCUT2D eigenvalue weighted by Crippen LogP contribution is -2.49. The molecule has 2 heteroatoms. The zero-order chi connectivity index (χ0) is 12.7. The van der Waals surface area contributed by atoms with Gasteiger partial charge in [0.25, 0.3) is 0 Å². The number of hydrogen-bond acceptors (Lipinski definition) is 2. The van der Waals surface area contributed by atoms with Gasteiger partial charge in [-0.2, -0.15) is 0 Å². The van der Waals surface area contributed by atoms with Crippen LogP contribution in [0.5, 0.6) is 0 Å². The average molecular weight is 246 g/mol. The van der Waals surface area contributed by atoms with Crippen LogP contribution in [0.3, 0.4) is 0 Å². The van der Waals surface area contributed by atoms with Gasteiger partial charge in [0, 0.05) is 23.7 Å². The predicted molar refractivity (Wildman–Crippen MR) is 70.0 cm³/mol. The molecule has 0 aromatic rings. The number of rotatable bonds is 1. The number of Topliss-reactive ketones (excluding diaryl/α,β-unsaturated/α-hetero) is 2. The third-order valence-corrected chi connectivity index (χ3v) is 5.38. The fourth-order valence-corrected chi connectivity index (χ4v) is 4.25. The molecular weight excluding hydrogens is 224 g/mol. The second-order valence-corrected chi connectivity index (χ2v) is 6.24. The van der Waals surface area contributed by atoms with Crippen LogP contribution in [-0.4, -0.2) is 11.6 Å². The largest absolute Gasteiger partial charge is 0.299 e. The van der Waals surface area contributed by atoms with E-state index in [9.17, 15) is 9.59 Å². The Hall–Kier alpha value is -0.920. The summed E-state index contributed by atoms with van der Waals surface area (Å²) in [6, 6.07) is 0. The second-order valence-electron chi connectivity index (χ2n) is 6.24. The van der Waals surface area contributed by atoms with Crippen LogP contribution in [0.2, 0.25) is 0 Å². The lowest BCUT2D eigenvalue weighted by atomic mass is 9.58. The minimum absolute atomic E-state index is 0.0157. The van der Waals surface area contributed by atoms with Gasteiger partial charge >= 0.3 is 0 Å². The Morgan fingerprint density at radius 2 is 1.89 bits per heavy atom. The summed E-state index contributed by atoms with van der Waals surface area (Å²) in [6.45, 7) is 2.20. The Kier molecular flexibility index (Phi) is 3.13. The number of allylic oxidation sites excluding steroid dienone is 2. The number of carbonyl (C=O) groups excluding carboxylic acids is 2. The highest BCUT2D eigenvalue weighted by atomic mass is 16.1. The highest BCUT2D eigenvalue weighted by molar-refractivity contribution is 6.00. The summed E-state index contributed by atoms with van der Waals surface area (Å²) >= 11 is 0. The molecule has 0 aromatic carbocycles. The predicted octanol–water partition coefficient (Wildman–Crippen LogP) is 3.16. The zero-order valence-corrected chi connectivity index (χ0v) is 11.1. The monoisotopic (exact) mass is 246 g/mol. The van der Waals surface area contributed by atoms with Crippen molar-refractivity contribution in [2.75, 3.05) is 0 Å². The van der Waals surface area contributed by atoms with E-state index in [1.165, 1.54) is 0 Å². The van der Waals surface area contributed by atoms with Gasteiger partial charge in [-0.05, 0) is 38.0 Å². The fourth-order valence-electron chi connectivity index (χ4n) is 4.25. The number of hydrogen-bond donors (Lipinski definition) is 0. The molecule has 2 nitrogen and oxygen atoms in total. The summed E-state index contributed by atoms with van der Waals surface area (Å²) in [6.07, 6.45) is 10.2. The average Bonchev–Trinajstić information content (AvgIpc) is 2.44. The van der Waals surface area contributed by atoms with Gasteiger partial charge in [0.05, 0.1) is 0 Å². The van der Waals surface area contributed by atoms with Gasteiger partial charge in [-0.1, -0.05) is 25.5 Å². The van der Waals surface area contributed by atoms with Crippen molar-refractivity contribution in [2.45, 2.75) is 45.4 Å². The maximum atomic E-state index is 12.6. The Balaban J connectivity index is 1.88.